The number of benzene rings is 2. The molecule has 0 aliphatic rings. The van der Waals surface area contributed by atoms with Crippen molar-refractivity contribution in [2.24, 2.45) is 0 Å². The van der Waals surface area contributed by atoms with Gasteiger partial charge in [0.15, 0.2) is 0 Å². The predicted molar refractivity (Wildman–Crippen MR) is 103 cm³/mol. The Morgan fingerprint density at radius 3 is 2.31 bits per heavy atom. The first-order valence-electron chi connectivity index (χ1n) is 8.34. The van der Waals surface area contributed by atoms with Gasteiger partial charge in [-0.05, 0) is 36.2 Å². The molecule has 2 aromatic carbocycles. The number of carbonyl (C=O) groups excluding carboxylic acids is 2. The van der Waals surface area contributed by atoms with Gasteiger partial charge in [-0.25, -0.2) is 0 Å². The Balaban J connectivity index is 1.99. The Hall–Kier alpha value is -3.34. The number of aryl methyl sites for hydroxylation is 1. The SMILES string of the molecule is Cc1[nH]ccc1C(=O)Nc1ccc(-c2ccccc2)c(C(=O)N(C)C)c1. The smallest absolute Gasteiger partial charge is 0.257 e. The van der Waals surface area contributed by atoms with E-state index in [-0.39, 0.29) is 11.8 Å². The summed E-state index contributed by atoms with van der Waals surface area (Å²) in [7, 11) is 3.43. The van der Waals surface area contributed by atoms with Crippen LogP contribution >= 0.6 is 0 Å². The second-order valence-corrected chi connectivity index (χ2v) is 6.30. The minimum atomic E-state index is -0.209. The maximum absolute atomic E-state index is 12.7. The van der Waals surface area contributed by atoms with Crippen LogP contribution in [-0.2, 0) is 0 Å². The van der Waals surface area contributed by atoms with Crippen LogP contribution in [0.25, 0.3) is 11.1 Å². The largest absolute Gasteiger partial charge is 0.365 e. The third kappa shape index (κ3) is 3.52. The number of anilines is 1. The lowest BCUT2D eigenvalue weighted by molar-refractivity contribution is 0.0828. The van der Waals surface area contributed by atoms with Crippen molar-refractivity contribution >= 4 is 17.5 Å². The van der Waals surface area contributed by atoms with Crippen molar-refractivity contribution in [3.8, 4) is 11.1 Å². The van der Waals surface area contributed by atoms with Crippen molar-refractivity contribution in [1.82, 2.24) is 9.88 Å². The molecule has 0 atom stereocenters. The fraction of sp³-hybridized carbons (Fsp3) is 0.143. The summed E-state index contributed by atoms with van der Waals surface area (Å²) in [6.45, 7) is 1.84. The highest BCUT2D eigenvalue weighted by molar-refractivity contribution is 6.07. The van der Waals surface area contributed by atoms with Crippen molar-refractivity contribution in [1.29, 1.82) is 0 Å². The van der Waals surface area contributed by atoms with Gasteiger partial charge in [-0.2, -0.15) is 0 Å². The minimum absolute atomic E-state index is 0.113. The molecule has 0 bridgehead atoms. The van der Waals surface area contributed by atoms with E-state index in [0.29, 0.717) is 16.8 Å². The fourth-order valence-corrected chi connectivity index (χ4v) is 2.81. The third-order valence-corrected chi connectivity index (χ3v) is 4.20. The number of amides is 2. The first-order valence-corrected chi connectivity index (χ1v) is 8.34. The standard InChI is InChI=1S/C21H21N3O2/c1-14-17(11-12-22-14)20(25)23-16-9-10-18(15-7-5-4-6-8-15)19(13-16)21(26)24(2)3/h4-13,22H,1-3H3,(H,23,25). The van der Waals surface area contributed by atoms with Gasteiger partial charge in [0.1, 0.15) is 0 Å². The van der Waals surface area contributed by atoms with Crippen molar-refractivity contribution in [2.75, 3.05) is 19.4 Å². The fourth-order valence-electron chi connectivity index (χ4n) is 2.81. The number of carbonyl (C=O) groups is 2. The third-order valence-electron chi connectivity index (χ3n) is 4.20. The number of hydrogen-bond donors (Lipinski definition) is 2. The van der Waals surface area contributed by atoms with E-state index >= 15 is 0 Å². The van der Waals surface area contributed by atoms with Crippen LogP contribution in [0.1, 0.15) is 26.4 Å². The zero-order valence-corrected chi connectivity index (χ0v) is 15.0. The summed E-state index contributed by atoms with van der Waals surface area (Å²) in [5.41, 5.74) is 4.30. The van der Waals surface area contributed by atoms with Crippen LogP contribution < -0.4 is 5.32 Å². The van der Waals surface area contributed by atoms with Gasteiger partial charge in [0.2, 0.25) is 0 Å². The summed E-state index contributed by atoms with van der Waals surface area (Å²) < 4.78 is 0. The van der Waals surface area contributed by atoms with Crippen molar-refractivity contribution in [2.45, 2.75) is 6.92 Å². The second-order valence-electron chi connectivity index (χ2n) is 6.30. The quantitative estimate of drug-likeness (QED) is 0.751. The molecule has 5 nitrogen and oxygen atoms in total. The Morgan fingerprint density at radius 1 is 0.962 bits per heavy atom. The molecule has 0 fully saturated rings. The lowest BCUT2D eigenvalue weighted by atomic mass is 9.98. The molecule has 0 radical (unpaired) electrons. The van der Waals surface area contributed by atoms with E-state index in [1.807, 2.05) is 49.4 Å². The highest BCUT2D eigenvalue weighted by atomic mass is 16.2. The molecule has 132 valence electrons. The minimum Gasteiger partial charge on any atom is -0.365 e. The maximum Gasteiger partial charge on any atom is 0.257 e. The van der Waals surface area contributed by atoms with Gasteiger partial charge in [0, 0.05) is 37.2 Å². The first-order chi connectivity index (χ1) is 12.5. The lowest BCUT2D eigenvalue weighted by Gasteiger charge is -2.16. The monoisotopic (exact) mass is 347 g/mol. The Kier molecular flexibility index (Phi) is 4.89. The number of aromatic nitrogens is 1. The van der Waals surface area contributed by atoms with Crippen LogP contribution in [0.5, 0.6) is 0 Å². The summed E-state index contributed by atoms with van der Waals surface area (Å²) in [6, 6.07) is 16.9. The van der Waals surface area contributed by atoms with E-state index in [4.69, 9.17) is 0 Å². The first kappa shape index (κ1) is 17.5. The summed E-state index contributed by atoms with van der Waals surface area (Å²) in [4.78, 5) is 29.6. The average molecular weight is 347 g/mol. The van der Waals surface area contributed by atoms with Crippen molar-refractivity contribution < 1.29 is 9.59 Å². The molecule has 26 heavy (non-hydrogen) atoms. The number of aromatic amines is 1. The van der Waals surface area contributed by atoms with Gasteiger partial charge in [-0.3, -0.25) is 9.59 Å². The normalized spacial score (nSPS) is 10.4. The van der Waals surface area contributed by atoms with Gasteiger partial charge in [0.05, 0.1) is 5.56 Å². The molecular formula is C21H21N3O2. The lowest BCUT2D eigenvalue weighted by Crippen LogP contribution is -2.23. The Morgan fingerprint density at radius 2 is 1.69 bits per heavy atom. The molecule has 3 rings (SSSR count). The van der Waals surface area contributed by atoms with Gasteiger partial charge < -0.3 is 15.2 Å². The molecule has 0 spiro atoms. The van der Waals surface area contributed by atoms with Gasteiger partial charge in [-0.15, -0.1) is 0 Å². The molecular weight excluding hydrogens is 326 g/mol. The predicted octanol–water partition coefficient (Wildman–Crippen LogP) is 3.94. The van der Waals surface area contributed by atoms with Crippen molar-refractivity contribution in [3.63, 3.8) is 0 Å². The zero-order chi connectivity index (χ0) is 18.7. The van der Waals surface area contributed by atoms with E-state index in [9.17, 15) is 9.59 Å². The van der Waals surface area contributed by atoms with Gasteiger partial charge >= 0.3 is 0 Å². The number of rotatable bonds is 4. The average Bonchev–Trinajstić information content (AvgIpc) is 3.07. The molecule has 3 aromatic rings. The molecule has 2 amide bonds. The van der Waals surface area contributed by atoms with Crippen LogP contribution in [0.3, 0.4) is 0 Å². The van der Waals surface area contributed by atoms with Crippen molar-refractivity contribution in [3.05, 3.63) is 77.6 Å². The topological polar surface area (TPSA) is 65.2 Å². The molecule has 1 heterocycles. The molecule has 5 heteroatoms. The molecule has 0 unspecified atom stereocenters. The number of nitrogens with one attached hydrogen (secondary N) is 2. The summed E-state index contributed by atoms with van der Waals surface area (Å²) >= 11 is 0. The molecule has 0 saturated carbocycles. The number of nitrogens with zero attached hydrogens (tertiary/aromatic N) is 1. The Labute approximate surface area is 152 Å². The second kappa shape index (κ2) is 7.27. The van der Waals surface area contributed by atoms with E-state index < -0.39 is 0 Å². The van der Waals surface area contributed by atoms with Crippen LogP contribution in [-0.4, -0.2) is 35.8 Å². The van der Waals surface area contributed by atoms with E-state index in [0.717, 1.165) is 16.8 Å². The van der Waals surface area contributed by atoms with Gasteiger partial charge in [-0.1, -0.05) is 36.4 Å². The highest BCUT2D eigenvalue weighted by Crippen LogP contribution is 2.27. The number of H-pyrrole nitrogens is 1. The molecule has 2 N–H and O–H groups in total. The van der Waals surface area contributed by atoms with Crippen LogP contribution in [0, 0.1) is 6.92 Å². The molecule has 0 aliphatic carbocycles. The summed E-state index contributed by atoms with van der Waals surface area (Å²) in [5, 5.41) is 2.87. The number of hydrogen-bond acceptors (Lipinski definition) is 2. The van der Waals surface area contributed by atoms with E-state index in [2.05, 4.69) is 10.3 Å². The molecule has 0 aliphatic heterocycles. The summed E-state index contributed by atoms with van der Waals surface area (Å²) in [5.74, 6) is -0.322. The van der Waals surface area contributed by atoms with E-state index in [1.165, 1.54) is 4.90 Å². The zero-order valence-electron chi connectivity index (χ0n) is 15.0. The summed E-state index contributed by atoms with van der Waals surface area (Å²) in [6.07, 6.45) is 1.73. The molecule has 1 aromatic heterocycles. The highest BCUT2D eigenvalue weighted by Gasteiger charge is 2.17. The van der Waals surface area contributed by atoms with E-state index in [1.54, 1.807) is 32.4 Å². The maximum atomic E-state index is 12.7. The van der Waals surface area contributed by atoms with Crippen LogP contribution in [0.4, 0.5) is 5.69 Å². The Bertz CT molecular complexity index is 943. The molecule has 0 saturated heterocycles. The van der Waals surface area contributed by atoms with Gasteiger partial charge in [0.25, 0.3) is 11.8 Å². The van der Waals surface area contributed by atoms with Crippen LogP contribution in [0.2, 0.25) is 0 Å². The van der Waals surface area contributed by atoms with Crippen LogP contribution in [0.15, 0.2) is 60.8 Å².